The number of aromatic nitrogens is 1. The van der Waals surface area contributed by atoms with Gasteiger partial charge in [0.2, 0.25) is 5.78 Å². The van der Waals surface area contributed by atoms with E-state index in [1.807, 2.05) is 43.3 Å². The maximum Gasteiger partial charge on any atom is 0.231 e. The summed E-state index contributed by atoms with van der Waals surface area (Å²) in [5.74, 6) is 3.04. The van der Waals surface area contributed by atoms with Crippen LogP contribution in [0.1, 0.15) is 32.6 Å². The van der Waals surface area contributed by atoms with Crippen molar-refractivity contribution in [2.24, 2.45) is 0 Å². The quantitative estimate of drug-likeness (QED) is 0.507. The zero-order valence-corrected chi connectivity index (χ0v) is 19.5. The second-order valence-corrected chi connectivity index (χ2v) is 8.35. The van der Waals surface area contributed by atoms with Gasteiger partial charge >= 0.3 is 0 Å². The number of pyridine rings is 1. The molecule has 0 amide bonds. The second-order valence-electron chi connectivity index (χ2n) is 8.35. The first-order chi connectivity index (χ1) is 16.6. The molecule has 5 rings (SSSR count). The second kappa shape index (κ2) is 9.19. The third-order valence-electron chi connectivity index (χ3n) is 6.17. The van der Waals surface area contributed by atoms with Crippen LogP contribution in [0.25, 0.3) is 6.08 Å². The Morgan fingerprint density at radius 3 is 2.62 bits per heavy atom. The van der Waals surface area contributed by atoms with E-state index in [9.17, 15) is 4.79 Å². The summed E-state index contributed by atoms with van der Waals surface area (Å²) in [7, 11) is 3.27. The van der Waals surface area contributed by atoms with Crippen LogP contribution in [0.2, 0.25) is 0 Å². The highest BCUT2D eigenvalue weighted by molar-refractivity contribution is 6.15. The number of methoxy groups -OCH3 is 2. The molecule has 0 saturated heterocycles. The molecule has 3 aromatic rings. The average molecular weight is 459 g/mol. The van der Waals surface area contributed by atoms with Crippen LogP contribution in [-0.4, -0.2) is 43.2 Å². The van der Waals surface area contributed by atoms with E-state index in [4.69, 9.17) is 18.9 Å². The number of Topliss-reactive ketones (excluding diaryl/α,β-unsaturated/α-hetero) is 1. The van der Waals surface area contributed by atoms with E-state index in [2.05, 4.69) is 9.88 Å². The molecule has 7 nitrogen and oxygen atoms in total. The molecule has 0 N–H and O–H groups in total. The fourth-order valence-electron chi connectivity index (χ4n) is 4.37. The molecule has 2 aromatic carbocycles. The van der Waals surface area contributed by atoms with Crippen molar-refractivity contribution < 1.29 is 23.7 Å². The molecule has 2 aliphatic rings. The van der Waals surface area contributed by atoms with Gasteiger partial charge in [-0.15, -0.1) is 0 Å². The Morgan fingerprint density at radius 1 is 1.06 bits per heavy atom. The minimum absolute atomic E-state index is 0.111. The third kappa shape index (κ3) is 4.10. The minimum Gasteiger partial charge on any atom is -0.493 e. The van der Waals surface area contributed by atoms with Crippen LogP contribution in [0.5, 0.6) is 23.0 Å². The number of fused-ring (bicyclic) bond motifs is 2. The fourth-order valence-corrected chi connectivity index (χ4v) is 4.37. The number of ketones is 1. The topological polar surface area (TPSA) is 70.1 Å². The number of hydrogen-bond acceptors (Lipinski definition) is 7. The number of carbonyl (C=O) groups excluding carboxylic acids is 1. The molecule has 0 saturated carbocycles. The van der Waals surface area contributed by atoms with Gasteiger partial charge in [0.15, 0.2) is 17.3 Å². The van der Waals surface area contributed by atoms with E-state index < -0.39 is 0 Å². The van der Waals surface area contributed by atoms with Crippen molar-refractivity contribution in [1.82, 2.24) is 9.88 Å². The van der Waals surface area contributed by atoms with Crippen molar-refractivity contribution in [3.8, 4) is 23.0 Å². The standard InChI is InChI=1S/C27H26N2O5/c1-17-26-20(14-21-25(30)24(34-27(17)21)13-19-6-9-28-10-7-19)15-29(16-33-26)11-8-18-4-5-22(31-2)23(12-18)32-3/h4-7,9-10,12-14H,8,11,15-16H2,1-3H3/b24-13-. The number of hydrogen-bond donors (Lipinski definition) is 0. The van der Waals surface area contributed by atoms with Gasteiger partial charge in [0, 0.05) is 36.6 Å². The van der Waals surface area contributed by atoms with Crippen LogP contribution in [0.4, 0.5) is 0 Å². The lowest BCUT2D eigenvalue weighted by molar-refractivity contribution is 0.0953. The Labute approximate surface area is 198 Å². The molecule has 0 unspecified atom stereocenters. The molecular formula is C27H26N2O5. The number of allylic oxidation sites excluding steroid dienone is 1. The number of ether oxygens (including phenoxy) is 4. The summed E-state index contributed by atoms with van der Waals surface area (Å²) in [6.07, 6.45) is 5.96. The van der Waals surface area contributed by atoms with Crippen LogP contribution in [-0.2, 0) is 13.0 Å². The minimum atomic E-state index is -0.111. The maximum absolute atomic E-state index is 13.1. The molecule has 34 heavy (non-hydrogen) atoms. The fraction of sp³-hybridized carbons (Fsp3) is 0.259. The predicted molar refractivity (Wildman–Crippen MR) is 128 cm³/mol. The first kappa shape index (κ1) is 22.0. The summed E-state index contributed by atoms with van der Waals surface area (Å²) >= 11 is 0. The van der Waals surface area contributed by atoms with Gasteiger partial charge in [-0.3, -0.25) is 14.7 Å². The van der Waals surface area contributed by atoms with Crippen molar-refractivity contribution in [1.29, 1.82) is 0 Å². The predicted octanol–water partition coefficient (Wildman–Crippen LogP) is 4.42. The Morgan fingerprint density at radius 2 is 1.85 bits per heavy atom. The van der Waals surface area contributed by atoms with Gasteiger partial charge in [-0.1, -0.05) is 6.07 Å². The van der Waals surface area contributed by atoms with E-state index in [1.165, 1.54) is 0 Å². The monoisotopic (exact) mass is 458 g/mol. The lowest BCUT2D eigenvalue weighted by atomic mass is 10.00. The van der Waals surface area contributed by atoms with Crippen LogP contribution >= 0.6 is 0 Å². The molecular weight excluding hydrogens is 432 g/mol. The van der Waals surface area contributed by atoms with Gasteiger partial charge in [-0.25, -0.2) is 0 Å². The normalized spacial score (nSPS) is 16.0. The Bertz CT molecular complexity index is 1270. The molecule has 0 fully saturated rings. The highest BCUT2D eigenvalue weighted by atomic mass is 16.5. The SMILES string of the molecule is COc1ccc(CCN2COc3c(cc4c(c3C)O/C(=C\c3ccncc3)C4=O)C2)cc1OC. The zero-order chi connectivity index (χ0) is 23.7. The third-order valence-corrected chi connectivity index (χ3v) is 6.17. The maximum atomic E-state index is 13.1. The van der Waals surface area contributed by atoms with Gasteiger partial charge < -0.3 is 18.9 Å². The van der Waals surface area contributed by atoms with Crippen LogP contribution < -0.4 is 18.9 Å². The highest BCUT2D eigenvalue weighted by Crippen LogP contribution is 2.43. The van der Waals surface area contributed by atoms with Crippen LogP contribution in [0.3, 0.4) is 0 Å². The molecule has 7 heteroatoms. The summed E-state index contributed by atoms with van der Waals surface area (Å²) < 4.78 is 22.8. The van der Waals surface area contributed by atoms with Crippen molar-refractivity contribution in [3.05, 3.63) is 82.4 Å². The summed E-state index contributed by atoms with van der Waals surface area (Å²) in [5, 5.41) is 0. The average Bonchev–Trinajstić information content (AvgIpc) is 3.18. The van der Waals surface area contributed by atoms with Gasteiger partial charge in [0.1, 0.15) is 18.2 Å². The van der Waals surface area contributed by atoms with E-state index in [-0.39, 0.29) is 5.78 Å². The van der Waals surface area contributed by atoms with Crippen molar-refractivity contribution in [3.63, 3.8) is 0 Å². The number of benzene rings is 2. The van der Waals surface area contributed by atoms with Crippen LogP contribution in [0.15, 0.2) is 54.6 Å². The first-order valence-electron chi connectivity index (χ1n) is 11.1. The van der Waals surface area contributed by atoms with E-state index in [0.29, 0.717) is 30.3 Å². The van der Waals surface area contributed by atoms with E-state index in [1.54, 1.807) is 32.7 Å². The molecule has 0 atom stereocenters. The molecule has 1 aromatic heterocycles. The lowest BCUT2D eigenvalue weighted by Crippen LogP contribution is -2.34. The van der Waals surface area contributed by atoms with Crippen molar-refractivity contribution >= 4 is 11.9 Å². The molecule has 2 aliphatic heterocycles. The summed E-state index contributed by atoms with van der Waals surface area (Å²) in [6, 6.07) is 11.6. The van der Waals surface area contributed by atoms with Crippen molar-refractivity contribution in [2.75, 3.05) is 27.5 Å². The Kier molecular flexibility index (Phi) is 5.94. The number of nitrogens with zero attached hydrogens (tertiary/aromatic N) is 2. The molecule has 0 bridgehead atoms. The van der Waals surface area contributed by atoms with Gasteiger partial charge in [0.25, 0.3) is 0 Å². The zero-order valence-electron chi connectivity index (χ0n) is 19.5. The molecule has 174 valence electrons. The summed E-state index contributed by atoms with van der Waals surface area (Å²) in [5.41, 5.74) is 4.46. The van der Waals surface area contributed by atoms with E-state index >= 15 is 0 Å². The molecule has 0 aliphatic carbocycles. The Hall–Kier alpha value is -3.84. The molecule has 0 radical (unpaired) electrons. The molecule has 0 spiro atoms. The Balaban J connectivity index is 1.32. The van der Waals surface area contributed by atoms with E-state index in [0.717, 1.165) is 52.5 Å². The smallest absolute Gasteiger partial charge is 0.231 e. The van der Waals surface area contributed by atoms with Crippen LogP contribution in [0, 0.1) is 6.92 Å². The largest absolute Gasteiger partial charge is 0.493 e. The number of rotatable bonds is 6. The highest BCUT2D eigenvalue weighted by Gasteiger charge is 2.33. The first-order valence-corrected chi connectivity index (χ1v) is 11.1. The van der Waals surface area contributed by atoms with Gasteiger partial charge in [-0.2, -0.15) is 0 Å². The number of carbonyl (C=O) groups is 1. The molecule has 3 heterocycles. The lowest BCUT2D eigenvalue weighted by Gasteiger charge is -2.30. The summed E-state index contributed by atoms with van der Waals surface area (Å²) in [6.45, 7) is 3.93. The van der Waals surface area contributed by atoms with Crippen molar-refractivity contribution in [2.45, 2.75) is 19.9 Å². The summed E-state index contributed by atoms with van der Waals surface area (Å²) in [4.78, 5) is 19.3. The van der Waals surface area contributed by atoms with Gasteiger partial charge in [-0.05, 0) is 60.9 Å². The van der Waals surface area contributed by atoms with Gasteiger partial charge in [0.05, 0.1) is 19.8 Å².